The number of rotatable bonds is 42. The van der Waals surface area contributed by atoms with Gasteiger partial charge in [0, 0.05) is 32.5 Å². The van der Waals surface area contributed by atoms with Crippen molar-refractivity contribution in [2.24, 2.45) is 0 Å². The van der Waals surface area contributed by atoms with Gasteiger partial charge in [0.15, 0.2) is 12.2 Å². The minimum atomic E-state index is -1.65. The Labute approximate surface area is 390 Å². The fourth-order valence-electron chi connectivity index (χ4n) is 6.03. The van der Waals surface area contributed by atoms with Crippen LogP contribution in [0.4, 0.5) is 0 Å². The molecular formula is C41H80N2O24. The Hall–Kier alpha value is -1.94. The van der Waals surface area contributed by atoms with Crippen molar-refractivity contribution in [2.45, 2.75) is 119 Å². The van der Waals surface area contributed by atoms with Gasteiger partial charge < -0.3 is 114 Å². The van der Waals surface area contributed by atoms with E-state index in [1.54, 1.807) is 20.8 Å². The summed E-state index contributed by atoms with van der Waals surface area (Å²) in [7, 11) is 0. The maximum atomic E-state index is 12.9. The highest BCUT2D eigenvalue weighted by Gasteiger charge is 2.39. The van der Waals surface area contributed by atoms with Crippen molar-refractivity contribution in [2.75, 3.05) is 132 Å². The van der Waals surface area contributed by atoms with Crippen molar-refractivity contribution in [3.63, 3.8) is 0 Å². The van der Waals surface area contributed by atoms with E-state index in [-0.39, 0.29) is 118 Å². The van der Waals surface area contributed by atoms with Gasteiger partial charge in [-0.25, -0.2) is 4.79 Å². The van der Waals surface area contributed by atoms with Gasteiger partial charge >= 0.3 is 5.97 Å². The zero-order valence-corrected chi connectivity index (χ0v) is 38.9. The van der Waals surface area contributed by atoms with E-state index in [1.807, 2.05) is 0 Å². The third-order valence-electron chi connectivity index (χ3n) is 10.0. The minimum absolute atomic E-state index is 0.00880. The molecule has 1 aliphatic rings. The number of aliphatic hydroxyl groups excluding tert-OH is 13. The number of ether oxygens (including phenoxy) is 9. The molecule has 67 heavy (non-hydrogen) atoms. The van der Waals surface area contributed by atoms with Crippen molar-refractivity contribution in [1.29, 1.82) is 0 Å². The Balaban J connectivity index is 2.68. The molecule has 0 spiro atoms. The average molecular weight is 985 g/mol. The number of hydrogen-bond acceptors (Lipinski definition) is 25. The van der Waals surface area contributed by atoms with Gasteiger partial charge in [0.2, 0.25) is 0 Å². The molecule has 0 saturated carbocycles. The summed E-state index contributed by atoms with van der Waals surface area (Å²) in [5.74, 6) is -1.57. The topological polar surface area (TPSA) is 395 Å². The molecule has 14 N–H and O–H groups in total. The largest absolute Gasteiger partial charge is 0.461 e. The van der Waals surface area contributed by atoms with E-state index in [0.29, 0.717) is 6.42 Å². The van der Waals surface area contributed by atoms with Crippen LogP contribution >= 0.6 is 0 Å². The van der Waals surface area contributed by atoms with Crippen molar-refractivity contribution in [3.05, 3.63) is 0 Å². The second kappa shape index (κ2) is 35.2. The second-order valence-electron chi connectivity index (χ2n) is 17.0. The van der Waals surface area contributed by atoms with Crippen LogP contribution in [0.2, 0.25) is 0 Å². The van der Waals surface area contributed by atoms with Crippen LogP contribution in [-0.2, 0) is 52.2 Å². The first-order valence-corrected chi connectivity index (χ1v) is 22.3. The molecule has 1 rings (SSSR count). The molecule has 0 aromatic heterocycles. The van der Waals surface area contributed by atoms with Gasteiger partial charge in [-0.15, -0.1) is 0 Å². The first-order valence-electron chi connectivity index (χ1n) is 22.3. The van der Waals surface area contributed by atoms with Gasteiger partial charge in [0.05, 0.1) is 124 Å². The summed E-state index contributed by atoms with van der Waals surface area (Å²) in [5.41, 5.74) is -2.01. The lowest BCUT2D eigenvalue weighted by Gasteiger charge is -2.37. The number of nitrogens with one attached hydrogen (secondary N) is 1. The lowest BCUT2D eigenvalue weighted by molar-refractivity contribution is -0.191. The molecule has 1 saturated heterocycles. The Kier molecular flexibility index (Phi) is 33.1. The van der Waals surface area contributed by atoms with Crippen LogP contribution < -0.4 is 5.32 Å². The number of carbonyl (C=O) groups excluding carboxylic acids is 2. The van der Waals surface area contributed by atoms with Crippen molar-refractivity contribution < 1.29 is 119 Å². The molecule has 398 valence electrons. The van der Waals surface area contributed by atoms with Crippen LogP contribution in [0.3, 0.4) is 0 Å². The van der Waals surface area contributed by atoms with Gasteiger partial charge in [-0.3, -0.25) is 9.69 Å². The van der Waals surface area contributed by atoms with Crippen LogP contribution in [0.5, 0.6) is 0 Å². The highest BCUT2D eigenvalue weighted by atomic mass is 16.6. The van der Waals surface area contributed by atoms with Crippen molar-refractivity contribution in [3.8, 4) is 0 Å². The Morgan fingerprint density at radius 1 is 0.687 bits per heavy atom. The highest BCUT2D eigenvalue weighted by Crippen LogP contribution is 2.27. The summed E-state index contributed by atoms with van der Waals surface area (Å²) in [4.78, 5) is 25.7. The van der Waals surface area contributed by atoms with E-state index in [2.05, 4.69) is 5.32 Å². The molecule has 1 aliphatic heterocycles. The van der Waals surface area contributed by atoms with Crippen molar-refractivity contribution in [1.82, 2.24) is 10.2 Å². The first-order chi connectivity index (χ1) is 31.6. The quantitative estimate of drug-likeness (QED) is 0.0200. The molecule has 0 aliphatic carbocycles. The van der Waals surface area contributed by atoms with Gasteiger partial charge in [-0.1, -0.05) is 6.92 Å². The van der Waals surface area contributed by atoms with E-state index >= 15 is 0 Å². The van der Waals surface area contributed by atoms with Crippen LogP contribution in [0.15, 0.2) is 0 Å². The number of nitrogens with zero attached hydrogens (tertiary/aromatic N) is 1. The molecule has 1 heterocycles. The van der Waals surface area contributed by atoms with Gasteiger partial charge in [0.25, 0.3) is 5.91 Å². The molecule has 0 radical (unpaired) electrons. The lowest BCUT2D eigenvalue weighted by atomic mass is 9.94. The number of esters is 1. The van der Waals surface area contributed by atoms with E-state index in [1.165, 1.54) is 4.90 Å². The SMILES string of the molecule is CCC(C)(CC(O)COC1(C)COC(=O)C(O)C1)OCC(O)C(=O)NCCN(CC(O)COCC(O)COCC(O)COCC(O)CO)C(O)COCC(O)COCC(O)COCC(O)CO. The summed E-state index contributed by atoms with van der Waals surface area (Å²) in [6, 6.07) is 0. The molecular weight excluding hydrogens is 904 g/mol. The summed E-state index contributed by atoms with van der Waals surface area (Å²) in [6.07, 6.45) is -13.0. The normalized spacial score (nSPS) is 22.2. The summed E-state index contributed by atoms with van der Waals surface area (Å²) >= 11 is 0. The lowest BCUT2D eigenvalue weighted by Crippen LogP contribution is -2.49. The molecule has 1 fully saturated rings. The van der Waals surface area contributed by atoms with Gasteiger partial charge in [-0.05, 0) is 20.3 Å². The Bertz CT molecular complexity index is 1280. The monoisotopic (exact) mass is 985 g/mol. The van der Waals surface area contributed by atoms with E-state index in [9.17, 15) is 65.8 Å². The smallest absolute Gasteiger partial charge is 0.335 e. The zero-order valence-electron chi connectivity index (χ0n) is 38.9. The third-order valence-corrected chi connectivity index (χ3v) is 10.0. The molecule has 0 aromatic rings. The van der Waals surface area contributed by atoms with Crippen LogP contribution in [-0.4, -0.2) is 294 Å². The second-order valence-corrected chi connectivity index (χ2v) is 17.0. The fraction of sp³-hybridized carbons (Fsp3) is 0.951. The molecule has 0 aromatic carbocycles. The number of cyclic esters (lactones) is 1. The Morgan fingerprint density at radius 2 is 1.12 bits per heavy atom. The van der Waals surface area contributed by atoms with Crippen LogP contribution in [0.25, 0.3) is 0 Å². The van der Waals surface area contributed by atoms with E-state index in [0.717, 1.165) is 0 Å². The summed E-state index contributed by atoms with van der Waals surface area (Å²) in [5, 5.41) is 132. The Morgan fingerprint density at radius 3 is 1.55 bits per heavy atom. The molecule has 26 heteroatoms. The number of aliphatic hydroxyl groups is 13. The molecule has 1 amide bonds. The van der Waals surface area contributed by atoms with Crippen LogP contribution in [0, 0.1) is 0 Å². The minimum Gasteiger partial charge on any atom is -0.461 e. The number of hydrogen-bond donors (Lipinski definition) is 14. The maximum absolute atomic E-state index is 12.9. The van der Waals surface area contributed by atoms with E-state index in [4.69, 9.17) is 52.8 Å². The molecule has 13 atom stereocenters. The van der Waals surface area contributed by atoms with Crippen molar-refractivity contribution >= 4 is 11.9 Å². The third kappa shape index (κ3) is 29.8. The predicted molar refractivity (Wildman–Crippen MR) is 229 cm³/mol. The maximum Gasteiger partial charge on any atom is 0.335 e. The fourth-order valence-corrected chi connectivity index (χ4v) is 6.03. The van der Waals surface area contributed by atoms with Crippen LogP contribution in [0.1, 0.15) is 40.0 Å². The molecule has 13 unspecified atom stereocenters. The molecule has 0 bridgehead atoms. The number of carbonyl (C=O) groups is 2. The average Bonchev–Trinajstić information content (AvgIpc) is 3.28. The summed E-state index contributed by atoms with van der Waals surface area (Å²) < 4.78 is 48.0. The standard InChI is InChI=1S/C41H80N2O24/c1-4-40(2,7-27(46)23-66-41(3)8-35(54)39(58)65-26-41)67-24-36(55)38(57)42-5-6-43(37(56)25-64-22-34(53)21-63-20-33(52)17-61-14-30(49)11-45)9-28(47)12-59-15-31(50)18-62-19-32(51)16-60-13-29(48)10-44/h27-37,44-56H,4-26H2,1-3H3,(H,42,57). The predicted octanol–water partition coefficient (Wildman–Crippen LogP) is -7.29. The molecule has 26 nitrogen and oxygen atoms in total. The van der Waals surface area contributed by atoms with Gasteiger partial charge in [-0.2, -0.15) is 0 Å². The first kappa shape index (κ1) is 63.1. The highest BCUT2D eigenvalue weighted by molar-refractivity contribution is 5.80. The van der Waals surface area contributed by atoms with E-state index < -0.39 is 117 Å². The summed E-state index contributed by atoms with van der Waals surface area (Å²) in [6.45, 7) is -0.0891. The van der Waals surface area contributed by atoms with Gasteiger partial charge in [0.1, 0.15) is 55.1 Å². The number of amides is 1. The zero-order chi connectivity index (χ0) is 50.4.